The number of hydrogen-bond donors (Lipinski definition) is 2. The molecule has 2 unspecified atom stereocenters. The Morgan fingerprint density at radius 2 is 2.14 bits per heavy atom. The van der Waals surface area contributed by atoms with Crippen LogP contribution in [-0.2, 0) is 0 Å². The molecular formula is C14H24N4O3. The minimum atomic E-state index is -0.375. The number of nitro groups is 1. The zero-order chi connectivity index (χ0) is 15.6. The lowest BCUT2D eigenvalue weighted by Crippen LogP contribution is -2.35. The average molecular weight is 296 g/mol. The first-order chi connectivity index (χ1) is 9.95. The van der Waals surface area contributed by atoms with Gasteiger partial charge in [-0.2, -0.15) is 5.10 Å². The van der Waals surface area contributed by atoms with E-state index >= 15 is 0 Å². The van der Waals surface area contributed by atoms with Crippen molar-refractivity contribution in [2.45, 2.75) is 58.5 Å². The van der Waals surface area contributed by atoms with Crippen molar-refractivity contribution in [3.05, 3.63) is 15.8 Å². The van der Waals surface area contributed by atoms with Crippen LogP contribution in [0.3, 0.4) is 0 Å². The van der Waals surface area contributed by atoms with E-state index < -0.39 is 0 Å². The molecule has 0 amide bonds. The Labute approximate surface area is 124 Å². The monoisotopic (exact) mass is 296 g/mol. The zero-order valence-electron chi connectivity index (χ0n) is 12.9. The molecule has 2 rings (SSSR count). The fourth-order valence-electron chi connectivity index (χ4n) is 3.06. The van der Waals surface area contributed by atoms with E-state index in [-0.39, 0.29) is 35.2 Å². The summed E-state index contributed by atoms with van der Waals surface area (Å²) in [6, 6.07) is 0.104. The summed E-state index contributed by atoms with van der Waals surface area (Å²) in [6.45, 7) is 5.67. The molecule has 118 valence electrons. The first kappa shape index (κ1) is 15.8. The zero-order valence-corrected chi connectivity index (χ0v) is 12.9. The van der Waals surface area contributed by atoms with E-state index in [1.165, 1.54) is 0 Å². The summed E-state index contributed by atoms with van der Waals surface area (Å²) >= 11 is 0. The molecule has 0 radical (unpaired) electrons. The van der Waals surface area contributed by atoms with Gasteiger partial charge in [0.25, 0.3) is 0 Å². The minimum absolute atomic E-state index is 0.0380. The van der Waals surface area contributed by atoms with Crippen LogP contribution >= 0.6 is 0 Å². The van der Waals surface area contributed by atoms with Crippen LogP contribution in [0.1, 0.15) is 51.3 Å². The van der Waals surface area contributed by atoms with Crippen LogP contribution in [-0.4, -0.2) is 32.5 Å². The molecule has 0 bridgehead atoms. The molecule has 1 fully saturated rings. The Balaban J connectivity index is 2.34. The van der Waals surface area contributed by atoms with Crippen LogP contribution < -0.4 is 5.32 Å². The predicted octanol–water partition coefficient (Wildman–Crippen LogP) is 2.64. The lowest BCUT2D eigenvalue weighted by molar-refractivity contribution is -0.384. The summed E-state index contributed by atoms with van der Waals surface area (Å²) in [7, 11) is 0. The second-order valence-corrected chi connectivity index (χ2v) is 6.06. The van der Waals surface area contributed by atoms with Gasteiger partial charge >= 0.3 is 5.69 Å². The number of aryl methyl sites for hydroxylation is 1. The predicted molar refractivity (Wildman–Crippen MR) is 80.5 cm³/mol. The largest absolute Gasteiger partial charge is 0.396 e. The molecule has 1 aromatic heterocycles. The topological polar surface area (TPSA) is 93.2 Å². The number of aliphatic hydroxyl groups excluding tert-OH is 1. The second kappa shape index (κ2) is 6.43. The maximum Gasteiger partial charge on any atom is 0.333 e. The molecule has 1 aliphatic rings. The number of nitrogens with one attached hydrogen (secondary N) is 1. The van der Waals surface area contributed by atoms with Gasteiger partial charge in [-0.1, -0.05) is 12.8 Å². The molecule has 0 aliphatic heterocycles. The maximum absolute atomic E-state index is 11.3. The van der Waals surface area contributed by atoms with Gasteiger partial charge in [0.2, 0.25) is 5.82 Å². The van der Waals surface area contributed by atoms with Gasteiger partial charge in [-0.15, -0.1) is 0 Å². The molecule has 2 atom stereocenters. The van der Waals surface area contributed by atoms with Gasteiger partial charge in [0, 0.05) is 24.6 Å². The molecule has 1 saturated carbocycles. The molecule has 1 aliphatic carbocycles. The molecule has 2 N–H and O–H groups in total. The van der Waals surface area contributed by atoms with E-state index in [0.717, 1.165) is 25.7 Å². The molecule has 1 heterocycles. The Hall–Kier alpha value is -1.63. The van der Waals surface area contributed by atoms with Gasteiger partial charge in [0.05, 0.1) is 4.92 Å². The minimum Gasteiger partial charge on any atom is -0.396 e. The molecule has 0 spiro atoms. The summed E-state index contributed by atoms with van der Waals surface area (Å²) in [5, 5.41) is 28.4. The molecule has 0 saturated heterocycles. The van der Waals surface area contributed by atoms with E-state index in [4.69, 9.17) is 0 Å². The highest BCUT2D eigenvalue weighted by Crippen LogP contribution is 2.34. The lowest BCUT2D eigenvalue weighted by atomic mass is 9.85. The SMILES string of the molecule is Cc1nn(C(C)C)c(NC2CCCCC2CO)c1[N+](=O)[O-]. The Morgan fingerprint density at radius 3 is 2.71 bits per heavy atom. The number of hydrogen-bond acceptors (Lipinski definition) is 5. The first-order valence-corrected chi connectivity index (χ1v) is 7.56. The third-order valence-electron chi connectivity index (χ3n) is 4.19. The lowest BCUT2D eigenvalue weighted by Gasteiger charge is -2.31. The quantitative estimate of drug-likeness (QED) is 0.643. The average Bonchev–Trinajstić information content (AvgIpc) is 2.76. The van der Waals surface area contributed by atoms with Gasteiger partial charge in [0.1, 0.15) is 5.69 Å². The fraction of sp³-hybridized carbons (Fsp3) is 0.786. The summed E-state index contributed by atoms with van der Waals surface area (Å²) < 4.78 is 1.68. The van der Waals surface area contributed by atoms with Crippen molar-refractivity contribution in [2.24, 2.45) is 5.92 Å². The normalized spacial score (nSPS) is 22.5. The van der Waals surface area contributed by atoms with Crippen molar-refractivity contribution in [3.63, 3.8) is 0 Å². The Kier molecular flexibility index (Phi) is 4.82. The molecule has 7 heteroatoms. The second-order valence-electron chi connectivity index (χ2n) is 6.06. The molecule has 7 nitrogen and oxygen atoms in total. The highest BCUT2D eigenvalue weighted by molar-refractivity contribution is 5.60. The fourth-order valence-corrected chi connectivity index (χ4v) is 3.06. The smallest absolute Gasteiger partial charge is 0.333 e. The highest BCUT2D eigenvalue weighted by Gasteiger charge is 2.31. The number of nitrogens with zero attached hydrogens (tertiary/aromatic N) is 3. The van der Waals surface area contributed by atoms with E-state index in [9.17, 15) is 15.2 Å². The number of aromatic nitrogens is 2. The standard InChI is InChI=1S/C14H24N4O3/c1-9(2)17-14(13(18(20)21)10(3)16-17)15-12-7-5-4-6-11(12)8-19/h9,11-12,15,19H,4-8H2,1-3H3. The van der Waals surface area contributed by atoms with E-state index in [2.05, 4.69) is 10.4 Å². The van der Waals surface area contributed by atoms with Crippen LogP contribution in [0.25, 0.3) is 0 Å². The van der Waals surface area contributed by atoms with Gasteiger partial charge in [-0.05, 0) is 33.6 Å². The molecular weight excluding hydrogens is 272 g/mol. The third kappa shape index (κ3) is 3.18. The van der Waals surface area contributed by atoms with E-state index in [1.54, 1.807) is 11.6 Å². The van der Waals surface area contributed by atoms with Crippen LogP contribution in [0.4, 0.5) is 11.5 Å². The molecule has 21 heavy (non-hydrogen) atoms. The Morgan fingerprint density at radius 1 is 1.48 bits per heavy atom. The van der Waals surface area contributed by atoms with Gasteiger partial charge < -0.3 is 10.4 Å². The number of aliphatic hydroxyl groups is 1. The van der Waals surface area contributed by atoms with Crippen molar-refractivity contribution in [2.75, 3.05) is 11.9 Å². The van der Waals surface area contributed by atoms with Crippen molar-refractivity contribution >= 4 is 11.5 Å². The van der Waals surface area contributed by atoms with Crippen molar-refractivity contribution in [1.29, 1.82) is 0 Å². The van der Waals surface area contributed by atoms with Gasteiger partial charge in [-0.3, -0.25) is 10.1 Å². The van der Waals surface area contributed by atoms with Crippen LogP contribution in [0.2, 0.25) is 0 Å². The van der Waals surface area contributed by atoms with Crippen LogP contribution in [0.5, 0.6) is 0 Å². The van der Waals surface area contributed by atoms with Crippen LogP contribution in [0.15, 0.2) is 0 Å². The summed E-state index contributed by atoms with van der Waals surface area (Å²) in [6.07, 6.45) is 4.06. The highest BCUT2D eigenvalue weighted by atomic mass is 16.6. The maximum atomic E-state index is 11.3. The summed E-state index contributed by atoms with van der Waals surface area (Å²) in [5.41, 5.74) is 0.471. The van der Waals surface area contributed by atoms with Crippen LogP contribution in [0, 0.1) is 23.0 Å². The van der Waals surface area contributed by atoms with Gasteiger partial charge in [0.15, 0.2) is 0 Å². The van der Waals surface area contributed by atoms with E-state index in [1.807, 2.05) is 13.8 Å². The third-order valence-corrected chi connectivity index (χ3v) is 4.19. The van der Waals surface area contributed by atoms with Gasteiger partial charge in [-0.25, -0.2) is 4.68 Å². The van der Waals surface area contributed by atoms with Crippen molar-refractivity contribution in [3.8, 4) is 0 Å². The molecule has 1 aromatic rings. The van der Waals surface area contributed by atoms with Crippen molar-refractivity contribution in [1.82, 2.24) is 9.78 Å². The number of rotatable bonds is 5. The Bertz CT molecular complexity index is 513. The number of anilines is 1. The van der Waals surface area contributed by atoms with Crippen molar-refractivity contribution < 1.29 is 10.0 Å². The summed E-state index contributed by atoms with van der Waals surface area (Å²) in [4.78, 5) is 11.0. The van der Waals surface area contributed by atoms with E-state index in [0.29, 0.717) is 11.5 Å². The summed E-state index contributed by atoms with van der Waals surface area (Å²) in [5.74, 6) is 0.618. The molecule has 0 aromatic carbocycles. The first-order valence-electron chi connectivity index (χ1n) is 7.56.